The summed E-state index contributed by atoms with van der Waals surface area (Å²) < 4.78 is 25.8. The van der Waals surface area contributed by atoms with Crippen molar-refractivity contribution in [1.29, 1.82) is 0 Å². The van der Waals surface area contributed by atoms with Crippen LogP contribution in [0.15, 0.2) is 73.0 Å². The second-order valence-corrected chi connectivity index (χ2v) is 11.3. The maximum Gasteiger partial charge on any atom is 0.338 e. The molecule has 210 valence electrons. The van der Waals surface area contributed by atoms with Gasteiger partial charge in [0.05, 0.1) is 51.1 Å². The molecule has 0 saturated carbocycles. The molecule has 0 radical (unpaired) electrons. The maximum atomic E-state index is 13.9. The van der Waals surface area contributed by atoms with Crippen molar-refractivity contribution in [2.75, 3.05) is 26.9 Å². The van der Waals surface area contributed by atoms with Gasteiger partial charge in [-0.1, -0.05) is 30.1 Å². The van der Waals surface area contributed by atoms with Gasteiger partial charge in [-0.25, -0.2) is 9.79 Å². The number of methoxy groups -OCH3 is 1. The van der Waals surface area contributed by atoms with E-state index in [0.717, 1.165) is 14.5 Å². The first-order chi connectivity index (χ1) is 19.2. The number of aromatic nitrogens is 1. The zero-order chi connectivity index (χ0) is 29.0. The Balaban J connectivity index is 1.92. The number of fused-ring (bicyclic) bond motifs is 1. The van der Waals surface area contributed by atoms with Crippen LogP contribution in [0, 0.1) is 0 Å². The van der Waals surface area contributed by atoms with Gasteiger partial charge in [0.1, 0.15) is 12.4 Å². The number of allylic oxidation sites excluding steroid dienone is 1. The van der Waals surface area contributed by atoms with Crippen molar-refractivity contribution in [2.45, 2.75) is 26.8 Å². The quantitative estimate of drug-likeness (QED) is 0.212. The van der Waals surface area contributed by atoms with Gasteiger partial charge < -0.3 is 18.9 Å². The van der Waals surface area contributed by atoms with Crippen LogP contribution in [0.1, 0.15) is 37.9 Å². The molecule has 3 aromatic rings. The van der Waals surface area contributed by atoms with Gasteiger partial charge in [-0.3, -0.25) is 9.36 Å². The number of benzene rings is 2. The van der Waals surface area contributed by atoms with Gasteiger partial charge >= 0.3 is 5.97 Å². The van der Waals surface area contributed by atoms with Gasteiger partial charge in [-0.2, -0.15) is 0 Å². The highest BCUT2D eigenvalue weighted by Gasteiger charge is 2.34. The van der Waals surface area contributed by atoms with Gasteiger partial charge in [-0.15, -0.1) is 0 Å². The third-order valence-corrected chi connectivity index (χ3v) is 8.15. The number of carbonyl (C=O) groups excluding carboxylic acids is 1. The monoisotopic (exact) mass is 690 g/mol. The van der Waals surface area contributed by atoms with Crippen molar-refractivity contribution in [3.8, 4) is 17.2 Å². The molecule has 0 aliphatic carbocycles. The SMILES string of the molecule is C=CCOc1c(Br)cc(/C=c2\sc3n(c2=O)[C@H](c2ccc(OC)c(OCC)c2)C(C(=O)OCC)=C(C)N=3)cc1Br. The molecule has 1 aliphatic heterocycles. The summed E-state index contributed by atoms with van der Waals surface area (Å²) in [5.74, 6) is 1.17. The van der Waals surface area contributed by atoms with Crippen LogP contribution in [-0.4, -0.2) is 37.5 Å². The summed E-state index contributed by atoms with van der Waals surface area (Å²) in [6.07, 6.45) is 3.45. The second kappa shape index (κ2) is 13.0. The molecule has 1 aromatic heterocycles. The number of hydrogen-bond donors (Lipinski definition) is 0. The van der Waals surface area contributed by atoms with Gasteiger partial charge in [0.2, 0.25) is 0 Å². The Hall–Kier alpha value is -3.15. The molecule has 11 heteroatoms. The highest BCUT2D eigenvalue weighted by molar-refractivity contribution is 9.11. The summed E-state index contributed by atoms with van der Waals surface area (Å²) in [7, 11) is 1.56. The number of nitrogens with zero attached hydrogens (tertiary/aromatic N) is 2. The lowest BCUT2D eigenvalue weighted by Gasteiger charge is -2.25. The molecule has 1 atom stereocenters. The predicted octanol–water partition coefficient (Wildman–Crippen LogP) is 5.30. The minimum Gasteiger partial charge on any atom is -0.493 e. The topological polar surface area (TPSA) is 88.3 Å². The number of hydrogen-bond acceptors (Lipinski definition) is 8. The van der Waals surface area contributed by atoms with E-state index in [1.807, 2.05) is 25.1 Å². The summed E-state index contributed by atoms with van der Waals surface area (Å²) in [5.41, 5.74) is 1.94. The van der Waals surface area contributed by atoms with Crippen molar-refractivity contribution >= 4 is 55.2 Å². The number of ether oxygens (including phenoxy) is 4. The average Bonchev–Trinajstić information content (AvgIpc) is 3.21. The van der Waals surface area contributed by atoms with E-state index >= 15 is 0 Å². The molecule has 8 nitrogen and oxygen atoms in total. The molecule has 0 unspecified atom stereocenters. The molecule has 40 heavy (non-hydrogen) atoms. The summed E-state index contributed by atoms with van der Waals surface area (Å²) in [5, 5.41) is 0. The standard InChI is InChI=1S/C29H28Br2N2O6S/c1-6-11-39-26-19(30)12-17(13-20(26)31)14-23-27(34)33-25(18-9-10-21(36-5)22(15-18)37-7-2)24(28(35)38-8-3)16(4)32-29(33)40-23/h6,9-10,12-15,25H,1,7-8,11H2,2-5H3/b23-14-/t25-/m1/s1. The number of carbonyl (C=O) groups is 1. The van der Waals surface area contributed by atoms with E-state index in [-0.39, 0.29) is 12.2 Å². The molecule has 1 aliphatic rings. The van der Waals surface area contributed by atoms with Crippen molar-refractivity contribution in [3.63, 3.8) is 0 Å². The lowest BCUT2D eigenvalue weighted by Crippen LogP contribution is -2.40. The Bertz CT molecular complexity index is 1650. The molecular weight excluding hydrogens is 664 g/mol. The van der Waals surface area contributed by atoms with Crippen LogP contribution in [0.2, 0.25) is 0 Å². The maximum absolute atomic E-state index is 13.9. The van der Waals surface area contributed by atoms with E-state index in [1.54, 1.807) is 49.8 Å². The first-order valence-corrected chi connectivity index (χ1v) is 14.9. The zero-order valence-corrected chi connectivity index (χ0v) is 26.4. The summed E-state index contributed by atoms with van der Waals surface area (Å²) in [4.78, 5) is 32.2. The van der Waals surface area contributed by atoms with E-state index in [1.165, 1.54) is 11.3 Å². The van der Waals surface area contributed by atoms with Crippen molar-refractivity contribution in [3.05, 3.63) is 94.0 Å². The van der Waals surface area contributed by atoms with Crippen LogP contribution in [0.3, 0.4) is 0 Å². The molecule has 0 saturated heterocycles. The molecule has 0 bridgehead atoms. The van der Waals surface area contributed by atoms with Gasteiger partial charge in [0, 0.05) is 0 Å². The van der Waals surface area contributed by atoms with Crippen LogP contribution in [0.5, 0.6) is 17.2 Å². The van der Waals surface area contributed by atoms with Crippen LogP contribution >= 0.6 is 43.2 Å². The van der Waals surface area contributed by atoms with E-state index in [0.29, 0.717) is 56.6 Å². The molecule has 4 rings (SSSR count). The Labute approximate surface area is 252 Å². The Kier molecular flexibility index (Phi) is 9.70. The molecule has 2 heterocycles. The van der Waals surface area contributed by atoms with Crippen molar-refractivity contribution in [2.24, 2.45) is 4.99 Å². The first-order valence-electron chi connectivity index (χ1n) is 12.5. The number of rotatable bonds is 10. The third kappa shape index (κ3) is 5.96. The van der Waals surface area contributed by atoms with Gasteiger partial charge in [-0.05, 0) is 94.1 Å². The molecule has 2 aromatic carbocycles. The fourth-order valence-corrected chi connectivity index (χ4v) is 6.83. The van der Waals surface area contributed by atoms with Crippen LogP contribution in [-0.2, 0) is 9.53 Å². The van der Waals surface area contributed by atoms with Crippen LogP contribution < -0.4 is 29.1 Å². The molecule has 0 amide bonds. The summed E-state index contributed by atoms with van der Waals surface area (Å²) >= 11 is 8.34. The number of halogens is 2. The van der Waals surface area contributed by atoms with Crippen LogP contribution in [0.4, 0.5) is 0 Å². The lowest BCUT2D eigenvalue weighted by molar-refractivity contribution is -0.139. The first kappa shape index (κ1) is 29.8. The molecule has 0 spiro atoms. The zero-order valence-electron chi connectivity index (χ0n) is 22.5. The largest absolute Gasteiger partial charge is 0.493 e. The van der Waals surface area contributed by atoms with E-state index in [4.69, 9.17) is 18.9 Å². The fraction of sp³-hybridized carbons (Fsp3) is 0.276. The van der Waals surface area contributed by atoms with Crippen molar-refractivity contribution < 1.29 is 23.7 Å². The normalized spacial score (nSPS) is 14.8. The van der Waals surface area contributed by atoms with Crippen molar-refractivity contribution in [1.82, 2.24) is 4.57 Å². The van der Waals surface area contributed by atoms with E-state index in [2.05, 4.69) is 43.4 Å². The Morgan fingerprint density at radius 1 is 1.12 bits per heavy atom. The summed E-state index contributed by atoms with van der Waals surface area (Å²) in [6.45, 7) is 10.0. The third-order valence-electron chi connectivity index (χ3n) is 5.98. The molecular formula is C29H28Br2N2O6S. The smallest absolute Gasteiger partial charge is 0.338 e. The lowest BCUT2D eigenvalue weighted by atomic mass is 9.95. The Morgan fingerprint density at radius 3 is 2.48 bits per heavy atom. The molecule has 0 N–H and O–H groups in total. The van der Waals surface area contributed by atoms with Crippen LogP contribution in [0.25, 0.3) is 6.08 Å². The summed E-state index contributed by atoms with van der Waals surface area (Å²) in [6, 6.07) is 8.34. The average molecular weight is 692 g/mol. The van der Waals surface area contributed by atoms with Gasteiger partial charge in [0.15, 0.2) is 16.3 Å². The van der Waals surface area contributed by atoms with E-state index in [9.17, 15) is 9.59 Å². The minimum absolute atomic E-state index is 0.190. The molecule has 0 fully saturated rings. The number of thiazole rings is 1. The highest BCUT2D eigenvalue weighted by atomic mass is 79.9. The Morgan fingerprint density at radius 2 is 1.85 bits per heavy atom. The van der Waals surface area contributed by atoms with Gasteiger partial charge in [0.25, 0.3) is 5.56 Å². The second-order valence-electron chi connectivity index (χ2n) is 8.56. The predicted molar refractivity (Wildman–Crippen MR) is 162 cm³/mol. The number of esters is 1. The minimum atomic E-state index is -0.768. The highest BCUT2D eigenvalue weighted by Crippen LogP contribution is 2.37. The van der Waals surface area contributed by atoms with E-state index < -0.39 is 12.0 Å². The fourth-order valence-electron chi connectivity index (χ4n) is 4.33.